The number of carbonyl (C=O) groups is 2. The number of halogens is 8. The fourth-order valence-corrected chi connectivity index (χ4v) is 5.87. The molecule has 0 bridgehead atoms. The second-order valence-electron chi connectivity index (χ2n) is 11.3. The van der Waals surface area contributed by atoms with E-state index in [2.05, 4.69) is 91.9 Å². The lowest BCUT2D eigenvalue weighted by molar-refractivity contribution is -0.145. The second-order valence-corrected chi connectivity index (χ2v) is 13.4. The predicted molar refractivity (Wildman–Crippen MR) is 207 cm³/mol. The van der Waals surface area contributed by atoms with Crippen molar-refractivity contribution in [1.82, 2.24) is 29.9 Å². The monoisotopic (exact) mass is 860 g/mol. The van der Waals surface area contributed by atoms with E-state index in [-0.39, 0.29) is 29.2 Å². The van der Waals surface area contributed by atoms with Crippen LogP contribution in [-0.2, 0) is 34.8 Å². The van der Waals surface area contributed by atoms with E-state index in [0.29, 0.717) is 6.42 Å². The number of carbonyl (C=O) groups excluding carboxylic acids is 2. The van der Waals surface area contributed by atoms with Crippen molar-refractivity contribution >= 4 is 80.8 Å². The van der Waals surface area contributed by atoms with E-state index < -0.39 is 41.8 Å². The molecule has 2 atom stereocenters. The van der Waals surface area contributed by atoms with Crippen LogP contribution in [0.2, 0.25) is 0 Å². The lowest BCUT2D eigenvalue weighted by Crippen LogP contribution is -2.23. The van der Waals surface area contributed by atoms with Crippen molar-refractivity contribution in [2.24, 2.45) is 0 Å². The van der Waals surface area contributed by atoms with E-state index >= 15 is 0 Å². The Labute approximate surface area is 333 Å². The van der Waals surface area contributed by atoms with Gasteiger partial charge in [0.1, 0.15) is 0 Å². The molecule has 5 N–H and O–H groups in total. The third kappa shape index (κ3) is 21.1. The summed E-state index contributed by atoms with van der Waals surface area (Å²) in [4.78, 5) is 41.2. The van der Waals surface area contributed by atoms with Crippen LogP contribution in [-0.4, -0.2) is 59.5 Å². The molecule has 4 rings (SSSR count). The quantitative estimate of drug-likeness (QED) is 0.0509. The molecule has 0 saturated carbocycles. The molecule has 0 radical (unpaired) electrons. The molecule has 0 aliphatic rings. The zero-order valence-electron chi connectivity index (χ0n) is 30.7. The first kappa shape index (κ1) is 49.1. The molecular formula is C33H44Cl2F6N10O2S2. The van der Waals surface area contributed by atoms with Gasteiger partial charge in [0.15, 0.2) is 0 Å². The molecule has 0 spiro atoms. The Morgan fingerprint density at radius 3 is 1.49 bits per heavy atom. The molecule has 4 aromatic rings. The molecule has 4 heterocycles. The number of nitrogen functional groups attached to an aromatic ring is 1. The van der Waals surface area contributed by atoms with E-state index in [1.165, 1.54) is 31.4 Å². The average Bonchev–Trinajstić information content (AvgIpc) is 3.82. The van der Waals surface area contributed by atoms with Gasteiger partial charge in [-0.2, -0.15) is 78.9 Å². The summed E-state index contributed by atoms with van der Waals surface area (Å²) in [6.07, 6.45) is -1.23. The molecule has 12 nitrogen and oxygen atoms in total. The van der Waals surface area contributed by atoms with Crippen molar-refractivity contribution in [3.8, 4) is 0 Å². The van der Waals surface area contributed by atoms with E-state index in [1.54, 1.807) is 22.7 Å². The van der Waals surface area contributed by atoms with Gasteiger partial charge < -0.3 is 16.4 Å². The van der Waals surface area contributed by atoms with Crippen molar-refractivity contribution in [3.63, 3.8) is 0 Å². The van der Waals surface area contributed by atoms with Gasteiger partial charge in [0.2, 0.25) is 46.6 Å². The molecule has 1 amide bonds. The molecular weight excluding hydrogens is 817 g/mol. The molecule has 0 fully saturated rings. The minimum atomic E-state index is -4.73. The van der Waals surface area contributed by atoms with Crippen molar-refractivity contribution in [2.75, 3.05) is 28.1 Å². The van der Waals surface area contributed by atoms with E-state index in [1.807, 2.05) is 24.6 Å². The van der Waals surface area contributed by atoms with Crippen molar-refractivity contribution in [3.05, 3.63) is 56.4 Å². The van der Waals surface area contributed by atoms with E-state index in [9.17, 15) is 35.9 Å². The zero-order valence-corrected chi connectivity index (χ0v) is 33.8. The minimum absolute atomic E-state index is 0.0171. The highest BCUT2D eigenvalue weighted by Crippen LogP contribution is 2.28. The summed E-state index contributed by atoms with van der Waals surface area (Å²) in [5.41, 5.74) is 7.86. The van der Waals surface area contributed by atoms with Crippen molar-refractivity contribution in [2.45, 2.75) is 103 Å². The van der Waals surface area contributed by atoms with E-state index in [4.69, 9.17) is 5.73 Å². The number of hydrogen-bond donors (Lipinski definition) is 4. The molecule has 0 aliphatic carbocycles. The molecule has 306 valence electrons. The maximum atomic E-state index is 13.0. The zero-order chi connectivity index (χ0) is 41.6. The smallest absolute Gasteiger partial charge is 0.368 e. The summed E-state index contributed by atoms with van der Waals surface area (Å²) in [6.45, 7) is 6.35. The van der Waals surface area contributed by atoms with Gasteiger partial charge in [-0.3, -0.25) is 14.9 Å². The van der Waals surface area contributed by atoms with Gasteiger partial charge in [0, 0.05) is 32.3 Å². The highest BCUT2D eigenvalue weighted by Gasteiger charge is 2.37. The number of nitrogens with one attached hydrogen (secondary N) is 3. The van der Waals surface area contributed by atoms with Gasteiger partial charge in [0.05, 0.1) is 0 Å². The SMILES string of the molecule is CC(=O)Cl.CCC(CCCc1ccsc1)Nc1nc(N)nc(C(F)(F)F)n1.CCC(CCCc1ccsc1)Nc1nc(NC(C)=O)nc(C(F)(F)F)n1.CCl. The van der Waals surface area contributed by atoms with Crippen LogP contribution >= 0.6 is 45.9 Å². The number of aryl methyl sites for hydroxylation is 2. The van der Waals surface area contributed by atoms with Gasteiger partial charge in [-0.25, -0.2) is 0 Å². The number of rotatable bonds is 15. The van der Waals surface area contributed by atoms with Crippen LogP contribution in [0.1, 0.15) is 89.0 Å². The Hall–Kier alpha value is -3.88. The average molecular weight is 862 g/mol. The third-order valence-corrected chi connectivity index (χ3v) is 8.40. The number of nitrogens with zero attached hydrogens (tertiary/aromatic N) is 6. The Morgan fingerprint density at radius 2 is 1.13 bits per heavy atom. The number of hydrogen-bond acceptors (Lipinski definition) is 13. The van der Waals surface area contributed by atoms with Gasteiger partial charge in [-0.05, 0) is 108 Å². The van der Waals surface area contributed by atoms with Gasteiger partial charge in [-0.15, -0.1) is 11.6 Å². The summed E-state index contributed by atoms with van der Waals surface area (Å²) in [6, 6.07) is 4.03. The van der Waals surface area contributed by atoms with Gasteiger partial charge in [-0.1, -0.05) is 13.8 Å². The fraction of sp³-hybridized carbons (Fsp3) is 0.515. The Bertz CT molecular complexity index is 1680. The number of amides is 1. The van der Waals surface area contributed by atoms with Crippen LogP contribution in [0.15, 0.2) is 33.7 Å². The highest BCUT2D eigenvalue weighted by molar-refractivity contribution is 7.08. The van der Waals surface area contributed by atoms with Crippen LogP contribution in [0.4, 0.5) is 50.1 Å². The molecule has 0 saturated heterocycles. The highest BCUT2D eigenvalue weighted by atomic mass is 35.5. The molecule has 4 aromatic heterocycles. The Kier molecular flexibility index (Phi) is 22.6. The normalized spacial score (nSPS) is 12.0. The summed E-state index contributed by atoms with van der Waals surface area (Å²) >= 11 is 12.6. The van der Waals surface area contributed by atoms with Gasteiger partial charge >= 0.3 is 12.4 Å². The van der Waals surface area contributed by atoms with Crippen LogP contribution in [0.5, 0.6) is 0 Å². The lowest BCUT2D eigenvalue weighted by Gasteiger charge is -2.18. The number of anilines is 4. The summed E-state index contributed by atoms with van der Waals surface area (Å²) in [7, 11) is 0. The van der Waals surface area contributed by atoms with Crippen molar-refractivity contribution in [1.29, 1.82) is 0 Å². The summed E-state index contributed by atoms with van der Waals surface area (Å²) in [5, 5.41) is 15.9. The summed E-state index contributed by atoms with van der Waals surface area (Å²) < 4.78 is 77.0. The Morgan fingerprint density at radius 1 is 0.727 bits per heavy atom. The molecule has 55 heavy (non-hydrogen) atoms. The van der Waals surface area contributed by atoms with E-state index in [0.717, 1.165) is 44.9 Å². The number of thiophene rings is 2. The summed E-state index contributed by atoms with van der Waals surface area (Å²) in [5.74, 6) is -4.37. The molecule has 2 unspecified atom stereocenters. The van der Waals surface area contributed by atoms with Gasteiger partial charge in [0.25, 0.3) is 0 Å². The number of alkyl halides is 7. The maximum absolute atomic E-state index is 13.0. The number of nitrogens with two attached hydrogens (primary N) is 1. The first-order valence-electron chi connectivity index (χ1n) is 16.7. The predicted octanol–water partition coefficient (Wildman–Crippen LogP) is 9.50. The van der Waals surface area contributed by atoms with Crippen LogP contribution < -0.4 is 21.7 Å². The molecule has 0 aromatic carbocycles. The third-order valence-electron chi connectivity index (χ3n) is 6.93. The lowest BCUT2D eigenvalue weighted by atomic mass is 10.1. The van der Waals surface area contributed by atoms with Crippen LogP contribution in [0.25, 0.3) is 0 Å². The Balaban J connectivity index is 0.000000484. The van der Waals surface area contributed by atoms with Crippen LogP contribution in [0.3, 0.4) is 0 Å². The second kappa shape index (κ2) is 25.3. The maximum Gasteiger partial charge on any atom is 0.451 e. The number of aromatic nitrogens is 6. The standard InChI is InChI=1S/C16H20F3N5OS.C14H18F3N5S.C2H3ClO.CH3Cl/c1-3-12(6-4-5-11-7-8-26-9-11)21-15-23-13(16(17,18)19)22-14(24-15)20-10(2)25;1-2-10(5-3-4-9-6-7-23-8-9)19-13-21-11(14(15,16)17)20-12(18)22-13;1-2(3)4;1-2/h7-9,12H,3-6H2,1-2H3,(H2,20,21,22,23,24,25);6-8,10H,2-5H2,1H3,(H3,18,19,20,21,22);1H3;1H3. The molecule has 22 heteroatoms. The topological polar surface area (TPSA) is 174 Å². The van der Waals surface area contributed by atoms with Crippen molar-refractivity contribution < 1.29 is 35.9 Å². The fourth-order valence-electron chi connectivity index (χ4n) is 4.46. The molecule has 0 aliphatic heterocycles. The first-order valence-corrected chi connectivity index (χ1v) is 19.7. The largest absolute Gasteiger partial charge is 0.451 e. The van der Waals surface area contributed by atoms with Crippen LogP contribution in [0, 0.1) is 0 Å². The first-order chi connectivity index (χ1) is 25.9. The minimum Gasteiger partial charge on any atom is -0.368 e.